The standard InChI is InChI=1S/C19H21F3N2O4/c1-24(18(26)23-16-5-3-4-6-17(16)27-2)11-14(25)12-28-15-9-7-13(8-10-15)19(20,21)22/h3-10,14,25H,11-12H2,1-2H3,(H,23,26)/t14-/m1/s1. The monoisotopic (exact) mass is 398 g/mol. The van der Waals surface area contributed by atoms with Gasteiger partial charge < -0.3 is 24.8 Å². The minimum Gasteiger partial charge on any atom is -0.495 e. The summed E-state index contributed by atoms with van der Waals surface area (Å²) in [5.41, 5.74) is -0.300. The Kier molecular flexibility index (Phi) is 7.11. The molecule has 0 heterocycles. The van der Waals surface area contributed by atoms with Gasteiger partial charge in [0, 0.05) is 7.05 Å². The Labute approximate surface area is 160 Å². The first-order chi connectivity index (χ1) is 13.2. The minimum absolute atomic E-state index is 0.0401. The molecule has 0 saturated heterocycles. The van der Waals surface area contributed by atoms with Crippen molar-refractivity contribution in [3.63, 3.8) is 0 Å². The number of carbonyl (C=O) groups excluding carboxylic acids is 1. The third kappa shape index (κ3) is 6.05. The molecule has 0 aromatic heterocycles. The Morgan fingerprint density at radius 3 is 2.43 bits per heavy atom. The van der Waals surface area contributed by atoms with E-state index in [4.69, 9.17) is 9.47 Å². The van der Waals surface area contributed by atoms with Gasteiger partial charge in [0.2, 0.25) is 0 Å². The summed E-state index contributed by atoms with van der Waals surface area (Å²) in [6.45, 7) is -0.223. The Morgan fingerprint density at radius 2 is 1.82 bits per heavy atom. The number of ether oxygens (including phenoxy) is 2. The van der Waals surface area contributed by atoms with E-state index in [1.165, 1.54) is 31.2 Å². The summed E-state index contributed by atoms with van der Waals surface area (Å²) in [6, 6.07) is 10.6. The maximum atomic E-state index is 12.5. The molecule has 152 valence electrons. The number of methoxy groups -OCH3 is 1. The van der Waals surface area contributed by atoms with Gasteiger partial charge in [0.05, 0.1) is 24.9 Å². The van der Waals surface area contributed by atoms with E-state index in [9.17, 15) is 23.1 Å². The van der Waals surface area contributed by atoms with Crippen LogP contribution in [-0.4, -0.2) is 49.5 Å². The summed E-state index contributed by atoms with van der Waals surface area (Å²) in [7, 11) is 2.98. The molecule has 2 aromatic carbocycles. The van der Waals surface area contributed by atoms with Crippen molar-refractivity contribution in [2.75, 3.05) is 32.6 Å². The summed E-state index contributed by atoms with van der Waals surface area (Å²) in [4.78, 5) is 13.5. The number of urea groups is 1. The van der Waals surface area contributed by atoms with Crippen molar-refractivity contribution >= 4 is 11.7 Å². The summed E-state index contributed by atoms with van der Waals surface area (Å²) in [6.07, 6.45) is -5.45. The van der Waals surface area contributed by atoms with E-state index in [0.29, 0.717) is 11.4 Å². The van der Waals surface area contributed by atoms with Gasteiger partial charge in [0.15, 0.2) is 0 Å². The lowest BCUT2D eigenvalue weighted by atomic mass is 10.2. The average Bonchev–Trinajstić information content (AvgIpc) is 2.66. The van der Waals surface area contributed by atoms with Gasteiger partial charge in [-0.25, -0.2) is 4.79 Å². The van der Waals surface area contributed by atoms with Gasteiger partial charge >= 0.3 is 12.2 Å². The van der Waals surface area contributed by atoms with Gasteiger partial charge in [0.1, 0.15) is 24.2 Å². The molecule has 2 aromatic rings. The maximum Gasteiger partial charge on any atom is 0.416 e. The lowest BCUT2D eigenvalue weighted by molar-refractivity contribution is -0.137. The molecule has 2 N–H and O–H groups in total. The van der Waals surface area contributed by atoms with Crippen LogP contribution in [0.2, 0.25) is 0 Å². The normalized spacial score (nSPS) is 12.2. The van der Waals surface area contributed by atoms with Crippen molar-refractivity contribution in [2.24, 2.45) is 0 Å². The molecule has 9 heteroatoms. The van der Waals surface area contributed by atoms with E-state index < -0.39 is 23.9 Å². The number of anilines is 1. The Balaban J connectivity index is 1.83. The van der Waals surface area contributed by atoms with E-state index in [1.54, 1.807) is 24.3 Å². The molecule has 0 saturated carbocycles. The SMILES string of the molecule is COc1ccccc1NC(=O)N(C)C[C@@H](O)COc1ccc(C(F)(F)F)cc1. The van der Waals surface area contributed by atoms with E-state index in [2.05, 4.69) is 5.32 Å². The quantitative estimate of drug-likeness (QED) is 0.748. The Bertz CT molecular complexity index is 781. The largest absolute Gasteiger partial charge is 0.495 e. The molecular formula is C19H21F3N2O4. The molecule has 0 aliphatic carbocycles. The first kappa shape index (κ1) is 21.4. The first-order valence-corrected chi connectivity index (χ1v) is 8.34. The average molecular weight is 398 g/mol. The van der Waals surface area contributed by atoms with Crippen LogP contribution in [0.1, 0.15) is 5.56 Å². The Hall–Kier alpha value is -2.94. The fourth-order valence-corrected chi connectivity index (χ4v) is 2.34. The third-order valence-corrected chi connectivity index (χ3v) is 3.80. The molecule has 0 radical (unpaired) electrons. The van der Waals surface area contributed by atoms with Crippen molar-refractivity contribution in [1.29, 1.82) is 0 Å². The van der Waals surface area contributed by atoms with Crippen LogP contribution in [0.4, 0.5) is 23.7 Å². The highest BCUT2D eigenvalue weighted by atomic mass is 19.4. The fraction of sp³-hybridized carbons (Fsp3) is 0.316. The van der Waals surface area contributed by atoms with Crippen LogP contribution in [0, 0.1) is 0 Å². The molecule has 0 aliphatic heterocycles. The molecule has 0 spiro atoms. The number of hydrogen-bond donors (Lipinski definition) is 2. The second-order valence-corrected chi connectivity index (χ2v) is 6.00. The van der Waals surface area contributed by atoms with Crippen molar-refractivity contribution in [3.8, 4) is 11.5 Å². The molecule has 28 heavy (non-hydrogen) atoms. The molecule has 0 bridgehead atoms. The van der Waals surface area contributed by atoms with Gasteiger partial charge in [0.25, 0.3) is 0 Å². The number of likely N-dealkylation sites (N-methyl/N-ethyl adjacent to an activating group) is 1. The number of carbonyl (C=O) groups is 1. The van der Waals surface area contributed by atoms with Gasteiger partial charge in [-0.1, -0.05) is 12.1 Å². The van der Waals surface area contributed by atoms with Crippen molar-refractivity contribution in [3.05, 3.63) is 54.1 Å². The van der Waals surface area contributed by atoms with Crippen molar-refractivity contribution in [1.82, 2.24) is 4.90 Å². The number of alkyl halides is 3. The highest BCUT2D eigenvalue weighted by Gasteiger charge is 2.30. The van der Waals surface area contributed by atoms with Crippen LogP contribution < -0.4 is 14.8 Å². The summed E-state index contributed by atoms with van der Waals surface area (Å²) >= 11 is 0. The number of hydrogen-bond acceptors (Lipinski definition) is 4. The van der Waals surface area contributed by atoms with Gasteiger partial charge in [-0.2, -0.15) is 13.2 Å². The van der Waals surface area contributed by atoms with Crippen LogP contribution in [0.5, 0.6) is 11.5 Å². The zero-order valence-corrected chi connectivity index (χ0v) is 15.4. The van der Waals surface area contributed by atoms with E-state index >= 15 is 0 Å². The lowest BCUT2D eigenvalue weighted by Crippen LogP contribution is -2.39. The first-order valence-electron chi connectivity index (χ1n) is 8.34. The second kappa shape index (κ2) is 9.32. The predicted octanol–water partition coefficient (Wildman–Crippen LogP) is 3.62. The molecule has 0 aliphatic rings. The summed E-state index contributed by atoms with van der Waals surface area (Å²) in [5.74, 6) is 0.684. The van der Waals surface area contributed by atoms with Crippen LogP contribution in [-0.2, 0) is 6.18 Å². The summed E-state index contributed by atoms with van der Waals surface area (Å²) in [5, 5.41) is 12.7. The number of rotatable bonds is 7. The van der Waals surface area contributed by atoms with Crippen LogP contribution in [0.3, 0.4) is 0 Å². The highest BCUT2D eigenvalue weighted by Crippen LogP contribution is 2.30. The van der Waals surface area contributed by atoms with Crippen LogP contribution in [0.15, 0.2) is 48.5 Å². The molecule has 2 rings (SSSR count). The predicted molar refractivity (Wildman–Crippen MR) is 97.6 cm³/mol. The number of aliphatic hydroxyl groups excluding tert-OH is 1. The molecule has 0 unspecified atom stereocenters. The summed E-state index contributed by atoms with van der Waals surface area (Å²) < 4.78 is 48.0. The van der Waals surface area contributed by atoms with Gasteiger partial charge in [-0.05, 0) is 36.4 Å². The number of benzene rings is 2. The topological polar surface area (TPSA) is 71.0 Å². The van der Waals surface area contributed by atoms with Crippen molar-refractivity contribution in [2.45, 2.75) is 12.3 Å². The second-order valence-electron chi connectivity index (χ2n) is 6.00. The van der Waals surface area contributed by atoms with Gasteiger partial charge in [-0.3, -0.25) is 0 Å². The number of aliphatic hydroxyl groups is 1. The van der Waals surface area contributed by atoms with E-state index in [-0.39, 0.29) is 18.9 Å². The van der Waals surface area contributed by atoms with Crippen LogP contribution >= 0.6 is 0 Å². The van der Waals surface area contributed by atoms with Gasteiger partial charge in [-0.15, -0.1) is 0 Å². The molecule has 2 amide bonds. The van der Waals surface area contributed by atoms with Crippen molar-refractivity contribution < 1.29 is 32.5 Å². The zero-order chi connectivity index (χ0) is 20.7. The molecule has 6 nitrogen and oxygen atoms in total. The highest BCUT2D eigenvalue weighted by molar-refractivity contribution is 5.90. The van der Waals surface area contributed by atoms with E-state index in [1.807, 2.05) is 0 Å². The number of amides is 2. The van der Waals surface area contributed by atoms with E-state index in [0.717, 1.165) is 12.1 Å². The minimum atomic E-state index is -4.42. The number of halogens is 3. The molecular weight excluding hydrogens is 377 g/mol. The number of para-hydroxylation sites is 2. The zero-order valence-electron chi connectivity index (χ0n) is 15.4. The Morgan fingerprint density at radius 1 is 1.18 bits per heavy atom. The third-order valence-electron chi connectivity index (χ3n) is 3.80. The fourth-order valence-electron chi connectivity index (χ4n) is 2.34. The number of nitrogens with zero attached hydrogens (tertiary/aromatic N) is 1. The molecule has 1 atom stereocenters. The number of nitrogens with one attached hydrogen (secondary N) is 1. The maximum absolute atomic E-state index is 12.5. The molecule has 0 fully saturated rings. The van der Waals surface area contributed by atoms with Crippen LogP contribution in [0.25, 0.3) is 0 Å². The lowest BCUT2D eigenvalue weighted by Gasteiger charge is -2.22. The smallest absolute Gasteiger partial charge is 0.416 e.